The number of hydrogen-bond donors (Lipinski definition) is 1. The highest BCUT2D eigenvalue weighted by Crippen LogP contribution is 2.19. The van der Waals surface area contributed by atoms with Gasteiger partial charge in [0.1, 0.15) is 18.2 Å². The molecule has 76 valence electrons. The first-order chi connectivity index (χ1) is 6.83. The van der Waals surface area contributed by atoms with Gasteiger partial charge in [-0.15, -0.1) is 21.8 Å². The summed E-state index contributed by atoms with van der Waals surface area (Å²) in [6, 6.07) is -0.188. The molecule has 2 heterocycles. The molecule has 0 bridgehead atoms. The number of alkyl halides is 1. The Morgan fingerprint density at radius 3 is 3.29 bits per heavy atom. The molecule has 1 aromatic heterocycles. The minimum absolute atomic E-state index is 0.0300. The molecule has 1 aromatic rings. The minimum Gasteiger partial charge on any atom is -0.354 e. The van der Waals surface area contributed by atoms with Gasteiger partial charge in [0, 0.05) is 6.54 Å². The maximum atomic E-state index is 11.5. The number of aromatic nitrogens is 3. The second-order valence-electron chi connectivity index (χ2n) is 3.24. The second kappa shape index (κ2) is 3.96. The highest BCUT2D eigenvalue weighted by molar-refractivity contribution is 6.16. The highest BCUT2D eigenvalue weighted by Gasteiger charge is 2.25. The van der Waals surface area contributed by atoms with Gasteiger partial charge in [-0.1, -0.05) is 0 Å². The van der Waals surface area contributed by atoms with Crippen molar-refractivity contribution in [2.24, 2.45) is 0 Å². The average molecular weight is 215 g/mol. The summed E-state index contributed by atoms with van der Waals surface area (Å²) in [7, 11) is 0. The predicted octanol–water partition coefficient (Wildman–Crippen LogP) is 0.468. The molecule has 1 N–H and O–H groups in total. The number of nitrogens with zero attached hydrogens (tertiary/aromatic N) is 3. The van der Waals surface area contributed by atoms with E-state index in [9.17, 15) is 4.79 Å². The maximum absolute atomic E-state index is 11.5. The van der Waals surface area contributed by atoms with Gasteiger partial charge in [0.2, 0.25) is 5.91 Å². The van der Waals surface area contributed by atoms with Crippen molar-refractivity contribution < 1.29 is 4.79 Å². The van der Waals surface area contributed by atoms with Crippen molar-refractivity contribution in [3.63, 3.8) is 0 Å². The molecule has 1 aliphatic heterocycles. The van der Waals surface area contributed by atoms with Crippen LogP contribution in [0.5, 0.6) is 0 Å². The number of rotatable bonds is 2. The van der Waals surface area contributed by atoms with E-state index in [0.29, 0.717) is 5.82 Å². The van der Waals surface area contributed by atoms with Gasteiger partial charge in [0.25, 0.3) is 0 Å². The molecule has 5 nitrogen and oxygen atoms in total. The summed E-state index contributed by atoms with van der Waals surface area (Å²) in [6.07, 6.45) is 3.37. The van der Waals surface area contributed by atoms with Crippen LogP contribution in [-0.2, 0) is 10.7 Å². The van der Waals surface area contributed by atoms with Gasteiger partial charge in [-0.25, -0.2) is 0 Å². The number of carbonyl (C=O) groups is 1. The average Bonchev–Trinajstić information content (AvgIpc) is 2.66. The first-order valence-corrected chi connectivity index (χ1v) is 5.08. The molecule has 0 aliphatic carbocycles. The lowest BCUT2D eigenvalue weighted by atomic mass is 10.1. The van der Waals surface area contributed by atoms with Gasteiger partial charge in [-0.3, -0.25) is 4.79 Å². The van der Waals surface area contributed by atoms with E-state index in [1.54, 1.807) is 10.9 Å². The predicted molar refractivity (Wildman–Crippen MR) is 50.9 cm³/mol. The molecule has 0 saturated carbocycles. The summed E-state index contributed by atoms with van der Waals surface area (Å²) < 4.78 is 1.75. The monoisotopic (exact) mass is 214 g/mol. The van der Waals surface area contributed by atoms with Crippen LogP contribution in [0.3, 0.4) is 0 Å². The van der Waals surface area contributed by atoms with Crippen molar-refractivity contribution in [3.8, 4) is 0 Å². The van der Waals surface area contributed by atoms with E-state index < -0.39 is 0 Å². The zero-order valence-corrected chi connectivity index (χ0v) is 8.37. The molecule has 1 unspecified atom stereocenters. The lowest BCUT2D eigenvalue weighted by Crippen LogP contribution is -2.38. The third-order valence-corrected chi connectivity index (χ3v) is 2.60. The van der Waals surface area contributed by atoms with Crippen LogP contribution in [-0.4, -0.2) is 27.2 Å². The lowest BCUT2D eigenvalue weighted by molar-refractivity contribution is -0.125. The fraction of sp³-hybridized carbons (Fsp3) is 0.625. The Morgan fingerprint density at radius 2 is 2.57 bits per heavy atom. The fourth-order valence-corrected chi connectivity index (χ4v) is 1.84. The van der Waals surface area contributed by atoms with Gasteiger partial charge in [-0.2, -0.15) is 0 Å². The topological polar surface area (TPSA) is 59.8 Å². The van der Waals surface area contributed by atoms with Crippen molar-refractivity contribution >= 4 is 17.5 Å². The van der Waals surface area contributed by atoms with Crippen LogP contribution in [0.2, 0.25) is 0 Å². The standard InChI is InChI=1S/C8H11ClN4O/c9-4-7-12-11-5-13(7)6-2-1-3-10-8(6)14/h5-6H,1-4H2,(H,10,14). The van der Waals surface area contributed by atoms with Crippen LogP contribution < -0.4 is 5.32 Å². The van der Waals surface area contributed by atoms with Crippen LogP contribution >= 0.6 is 11.6 Å². The van der Waals surface area contributed by atoms with Gasteiger partial charge in [0.05, 0.1) is 5.88 Å². The highest BCUT2D eigenvalue weighted by atomic mass is 35.5. The van der Waals surface area contributed by atoms with Crippen LogP contribution in [0.4, 0.5) is 0 Å². The molecule has 6 heteroatoms. The van der Waals surface area contributed by atoms with Gasteiger partial charge >= 0.3 is 0 Å². The Morgan fingerprint density at radius 1 is 1.71 bits per heavy atom. The number of carbonyl (C=O) groups excluding carboxylic acids is 1. The number of amides is 1. The normalized spacial score (nSPS) is 22.1. The molecule has 0 spiro atoms. The van der Waals surface area contributed by atoms with Gasteiger partial charge in [0.15, 0.2) is 0 Å². The van der Waals surface area contributed by atoms with E-state index in [1.165, 1.54) is 0 Å². The molecule has 0 radical (unpaired) electrons. The molecular formula is C8H11ClN4O. The summed E-state index contributed by atoms with van der Waals surface area (Å²) >= 11 is 5.69. The molecule has 1 fully saturated rings. The van der Waals surface area contributed by atoms with E-state index in [2.05, 4.69) is 15.5 Å². The largest absolute Gasteiger partial charge is 0.354 e. The van der Waals surface area contributed by atoms with Crippen LogP contribution in [0.15, 0.2) is 6.33 Å². The third-order valence-electron chi connectivity index (χ3n) is 2.36. The van der Waals surface area contributed by atoms with Crippen molar-refractivity contribution in [2.75, 3.05) is 6.54 Å². The van der Waals surface area contributed by atoms with Gasteiger partial charge in [-0.05, 0) is 12.8 Å². The quantitative estimate of drug-likeness (QED) is 0.728. The Bertz CT molecular complexity index is 338. The molecule has 14 heavy (non-hydrogen) atoms. The van der Waals surface area contributed by atoms with E-state index in [1.807, 2.05) is 0 Å². The molecule has 1 saturated heterocycles. The van der Waals surface area contributed by atoms with Gasteiger partial charge < -0.3 is 9.88 Å². The van der Waals surface area contributed by atoms with Crippen molar-refractivity contribution in [1.82, 2.24) is 20.1 Å². The van der Waals surface area contributed by atoms with Crippen LogP contribution in [0.25, 0.3) is 0 Å². The molecule has 1 atom stereocenters. The smallest absolute Gasteiger partial charge is 0.243 e. The number of halogens is 1. The molecule has 1 aliphatic rings. The Labute approximate surface area is 86.5 Å². The van der Waals surface area contributed by atoms with E-state index >= 15 is 0 Å². The summed E-state index contributed by atoms with van der Waals surface area (Å²) in [4.78, 5) is 11.5. The van der Waals surface area contributed by atoms with Crippen molar-refractivity contribution in [1.29, 1.82) is 0 Å². The SMILES string of the molecule is O=C1NCCCC1n1cnnc1CCl. The third kappa shape index (κ3) is 1.59. The Kier molecular flexibility index (Phi) is 2.67. The maximum Gasteiger partial charge on any atom is 0.243 e. The Balaban J connectivity index is 2.24. The lowest BCUT2D eigenvalue weighted by Gasteiger charge is -2.23. The second-order valence-corrected chi connectivity index (χ2v) is 3.50. The molecule has 2 rings (SSSR count). The summed E-state index contributed by atoms with van der Waals surface area (Å²) in [6.45, 7) is 0.758. The first kappa shape index (κ1) is 9.45. The van der Waals surface area contributed by atoms with E-state index in [0.717, 1.165) is 19.4 Å². The van der Waals surface area contributed by atoms with Crippen molar-refractivity contribution in [2.45, 2.75) is 24.8 Å². The summed E-state index contributed by atoms with van der Waals surface area (Å²) in [5, 5.41) is 10.4. The number of nitrogens with one attached hydrogen (secondary N) is 1. The number of hydrogen-bond acceptors (Lipinski definition) is 3. The van der Waals surface area contributed by atoms with E-state index in [-0.39, 0.29) is 17.8 Å². The van der Waals surface area contributed by atoms with E-state index in [4.69, 9.17) is 11.6 Å². The minimum atomic E-state index is -0.188. The summed E-state index contributed by atoms with van der Waals surface area (Å²) in [5.41, 5.74) is 0. The number of piperidine rings is 1. The fourth-order valence-electron chi connectivity index (χ4n) is 1.64. The molecule has 0 aromatic carbocycles. The van der Waals surface area contributed by atoms with Crippen LogP contribution in [0.1, 0.15) is 24.7 Å². The molecular weight excluding hydrogens is 204 g/mol. The zero-order valence-electron chi connectivity index (χ0n) is 7.61. The van der Waals surface area contributed by atoms with Crippen LogP contribution in [0, 0.1) is 0 Å². The molecule has 1 amide bonds. The first-order valence-electron chi connectivity index (χ1n) is 4.55. The Hall–Kier alpha value is -1.10. The zero-order chi connectivity index (χ0) is 9.97. The summed E-state index contributed by atoms with van der Waals surface area (Å²) in [5.74, 6) is 0.959. The van der Waals surface area contributed by atoms with Crippen molar-refractivity contribution in [3.05, 3.63) is 12.2 Å².